The summed E-state index contributed by atoms with van der Waals surface area (Å²) in [4.78, 5) is 12.7. The maximum atomic E-state index is 13.1. The number of nitrogens with zero attached hydrogens (tertiary/aromatic N) is 1. The molecule has 0 saturated carbocycles. The van der Waals surface area contributed by atoms with E-state index in [1.54, 1.807) is 24.3 Å². The Morgan fingerprint density at radius 3 is 2.28 bits per heavy atom. The smallest absolute Gasteiger partial charge is 0.229 e. The van der Waals surface area contributed by atoms with Gasteiger partial charge < -0.3 is 0 Å². The summed E-state index contributed by atoms with van der Waals surface area (Å²) in [5, 5.41) is 0.447. The molecule has 25 heavy (non-hydrogen) atoms. The summed E-state index contributed by atoms with van der Waals surface area (Å²) < 4.78 is 38.9. The van der Waals surface area contributed by atoms with Crippen LogP contribution in [0.5, 0.6) is 0 Å². The molecule has 0 spiro atoms. The number of hydrogen-bond donors (Lipinski definition) is 0. The molecule has 0 bridgehead atoms. The van der Waals surface area contributed by atoms with E-state index >= 15 is 0 Å². The Bertz CT molecular complexity index is 775. The lowest BCUT2D eigenvalue weighted by Gasteiger charge is -2.34. The fourth-order valence-electron chi connectivity index (χ4n) is 2.66. The number of amides is 1. The summed E-state index contributed by atoms with van der Waals surface area (Å²) in [5.41, 5.74) is -0.232. The van der Waals surface area contributed by atoms with E-state index in [1.165, 1.54) is 18.2 Å². The zero-order valence-electron chi connectivity index (χ0n) is 13.1. The van der Waals surface area contributed by atoms with Crippen molar-refractivity contribution in [2.45, 2.75) is 6.18 Å². The standard InChI is InChI=1S/C18H15Cl2F3NO/c1-2-10-24(17(25)12-19,15-8-6-14(20)7-9-15)16-5-3-4-13(11-16)18(21,22)23/h2-9,11H,1,10,12H2/q+1. The third kappa shape index (κ3) is 3.89. The number of carbonyl (C=O) groups is 1. The summed E-state index contributed by atoms with van der Waals surface area (Å²) in [6.07, 6.45) is -3.05. The highest BCUT2D eigenvalue weighted by molar-refractivity contribution is 6.31. The van der Waals surface area contributed by atoms with E-state index < -0.39 is 22.1 Å². The van der Waals surface area contributed by atoms with Gasteiger partial charge in [-0.25, -0.2) is 4.79 Å². The highest BCUT2D eigenvalue weighted by atomic mass is 35.5. The van der Waals surface area contributed by atoms with Crippen molar-refractivity contribution in [2.24, 2.45) is 0 Å². The zero-order chi connectivity index (χ0) is 18.7. The molecule has 0 fully saturated rings. The van der Waals surface area contributed by atoms with Crippen molar-refractivity contribution in [3.05, 3.63) is 71.8 Å². The van der Waals surface area contributed by atoms with Crippen molar-refractivity contribution in [3.8, 4) is 0 Å². The van der Waals surface area contributed by atoms with Crippen LogP contribution in [-0.2, 0) is 11.0 Å². The van der Waals surface area contributed by atoms with Crippen LogP contribution in [-0.4, -0.2) is 18.3 Å². The maximum absolute atomic E-state index is 13.1. The van der Waals surface area contributed by atoms with Gasteiger partial charge >= 0.3 is 12.1 Å². The van der Waals surface area contributed by atoms with E-state index in [1.807, 2.05) is 0 Å². The van der Waals surface area contributed by atoms with Crippen molar-refractivity contribution in [1.29, 1.82) is 0 Å². The van der Waals surface area contributed by atoms with Gasteiger partial charge in [-0.1, -0.05) is 24.2 Å². The number of alkyl halides is 4. The van der Waals surface area contributed by atoms with Crippen LogP contribution in [0, 0.1) is 0 Å². The van der Waals surface area contributed by atoms with Crippen molar-refractivity contribution >= 4 is 40.5 Å². The first kappa shape index (κ1) is 19.5. The van der Waals surface area contributed by atoms with E-state index in [0.717, 1.165) is 12.1 Å². The van der Waals surface area contributed by atoms with Gasteiger partial charge in [0.1, 0.15) is 23.8 Å². The first-order valence-electron chi connectivity index (χ1n) is 7.28. The Hall–Kier alpha value is -1.82. The lowest BCUT2D eigenvalue weighted by Crippen LogP contribution is -2.50. The molecule has 2 rings (SSSR count). The minimum atomic E-state index is -4.52. The van der Waals surface area contributed by atoms with Crippen LogP contribution in [0.3, 0.4) is 0 Å². The largest absolute Gasteiger partial charge is 0.416 e. The van der Waals surface area contributed by atoms with Crippen LogP contribution in [0.1, 0.15) is 5.56 Å². The highest BCUT2D eigenvalue weighted by Crippen LogP contribution is 2.39. The van der Waals surface area contributed by atoms with Gasteiger partial charge in [-0.05, 0) is 24.3 Å². The van der Waals surface area contributed by atoms with Crippen molar-refractivity contribution in [2.75, 3.05) is 12.4 Å². The van der Waals surface area contributed by atoms with Gasteiger partial charge in [-0.2, -0.15) is 17.7 Å². The predicted octanol–water partition coefficient (Wildman–Crippen LogP) is 5.95. The first-order chi connectivity index (χ1) is 11.8. The van der Waals surface area contributed by atoms with Gasteiger partial charge in [0, 0.05) is 29.3 Å². The van der Waals surface area contributed by atoms with Crippen LogP contribution >= 0.6 is 23.2 Å². The topological polar surface area (TPSA) is 17.1 Å². The quantitative estimate of drug-likeness (QED) is 0.351. The molecular weight excluding hydrogens is 374 g/mol. The summed E-state index contributed by atoms with van der Waals surface area (Å²) in [5.74, 6) is -0.838. The van der Waals surface area contributed by atoms with Gasteiger partial charge in [0.2, 0.25) is 0 Å². The number of carbonyl (C=O) groups excluding carboxylic acids is 1. The fraction of sp³-hybridized carbons (Fsp3) is 0.167. The van der Waals surface area contributed by atoms with Gasteiger partial charge in [0.05, 0.1) is 5.56 Å². The van der Waals surface area contributed by atoms with Gasteiger partial charge in [-0.3, -0.25) is 0 Å². The number of halogens is 5. The first-order valence-corrected chi connectivity index (χ1v) is 8.19. The van der Waals surface area contributed by atoms with Gasteiger partial charge in [0.15, 0.2) is 0 Å². The predicted molar refractivity (Wildman–Crippen MR) is 95.1 cm³/mol. The Kier molecular flexibility index (Phi) is 5.93. The Labute approximate surface area is 153 Å². The number of benzene rings is 2. The summed E-state index contributed by atoms with van der Waals surface area (Å²) in [6, 6.07) is 11.0. The SMILES string of the molecule is C=CC[N+](C(=O)CCl)(c1ccc(Cl)cc1)c1cccc(C(F)(F)F)c1. The molecule has 1 amide bonds. The van der Waals surface area contributed by atoms with Crippen LogP contribution in [0.2, 0.25) is 5.02 Å². The van der Waals surface area contributed by atoms with E-state index in [-0.39, 0.29) is 18.1 Å². The second kappa shape index (κ2) is 7.60. The molecule has 1 atom stereocenters. The number of hydrogen-bond acceptors (Lipinski definition) is 1. The molecule has 0 aliphatic heterocycles. The second-order valence-electron chi connectivity index (χ2n) is 5.33. The van der Waals surface area contributed by atoms with Crippen molar-refractivity contribution in [1.82, 2.24) is 4.48 Å². The van der Waals surface area contributed by atoms with Gasteiger partial charge in [-0.15, -0.1) is 11.6 Å². The molecular formula is C18H15Cl2F3NO+. The molecule has 0 aliphatic carbocycles. The minimum Gasteiger partial charge on any atom is -0.229 e. The summed E-state index contributed by atoms with van der Waals surface area (Å²) in [6.45, 7) is 3.69. The van der Waals surface area contributed by atoms with E-state index in [9.17, 15) is 18.0 Å². The molecule has 132 valence electrons. The molecule has 0 aromatic heterocycles. The molecule has 0 radical (unpaired) electrons. The Balaban J connectivity index is 2.76. The van der Waals surface area contributed by atoms with Crippen molar-refractivity contribution in [3.63, 3.8) is 0 Å². The number of rotatable bonds is 5. The third-order valence-corrected chi connectivity index (χ3v) is 4.31. The molecule has 1 unspecified atom stereocenters. The maximum Gasteiger partial charge on any atom is 0.416 e. The monoisotopic (exact) mass is 388 g/mol. The molecule has 0 aliphatic rings. The van der Waals surface area contributed by atoms with E-state index in [0.29, 0.717) is 10.7 Å². The highest BCUT2D eigenvalue weighted by Gasteiger charge is 2.42. The number of quaternary nitrogens is 1. The van der Waals surface area contributed by atoms with Crippen LogP contribution < -0.4 is 4.48 Å². The molecule has 0 heterocycles. The molecule has 7 heteroatoms. The average molecular weight is 389 g/mol. The summed E-state index contributed by atoms with van der Waals surface area (Å²) in [7, 11) is 0. The molecule has 0 saturated heterocycles. The lowest BCUT2D eigenvalue weighted by atomic mass is 10.1. The Morgan fingerprint density at radius 1 is 1.12 bits per heavy atom. The third-order valence-electron chi connectivity index (χ3n) is 3.82. The molecule has 2 aromatic rings. The van der Waals surface area contributed by atoms with E-state index in [2.05, 4.69) is 6.58 Å². The minimum absolute atomic E-state index is 0.0501. The van der Waals surface area contributed by atoms with E-state index in [4.69, 9.17) is 23.2 Å². The van der Waals surface area contributed by atoms with Crippen molar-refractivity contribution < 1.29 is 18.0 Å². The van der Waals surface area contributed by atoms with Crippen LogP contribution in [0.25, 0.3) is 0 Å². The Morgan fingerprint density at radius 2 is 1.76 bits per heavy atom. The zero-order valence-corrected chi connectivity index (χ0v) is 14.6. The fourth-order valence-corrected chi connectivity index (χ4v) is 2.99. The lowest BCUT2D eigenvalue weighted by molar-refractivity contribution is -0.137. The van der Waals surface area contributed by atoms with Crippen LogP contribution in [0.15, 0.2) is 61.2 Å². The molecule has 0 N–H and O–H groups in total. The average Bonchev–Trinajstić information content (AvgIpc) is 2.59. The van der Waals surface area contributed by atoms with Crippen LogP contribution in [0.4, 0.5) is 24.5 Å². The molecule has 2 aromatic carbocycles. The normalized spacial score (nSPS) is 14.0. The molecule has 2 nitrogen and oxygen atoms in total. The summed E-state index contributed by atoms with van der Waals surface area (Å²) >= 11 is 11.7. The second-order valence-corrected chi connectivity index (χ2v) is 6.04. The van der Waals surface area contributed by atoms with Gasteiger partial charge in [0.25, 0.3) is 0 Å².